The van der Waals surface area contributed by atoms with E-state index in [0.717, 1.165) is 42.5 Å². The Kier molecular flexibility index (Phi) is 7.38. The number of phenols is 1. The number of hydrogen-bond donors (Lipinski definition) is 2. The third kappa shape index (κ3) is 5.76. The van der Waals surface area contributed by atoms with E-state index in [-0.39, 0.29) is 24.5 Å². The summed E-state index contributed by atoms with van der Waals surface area (Å²) in [5.74, 6) is 0.959. The minimum absolute atomic E-state index is 0.0827. The number of hydrogen-bond acceptors (Lipinski definition) is 5. The van der Waals surface area contributed by atoms with Gasteiger partial charge in [-0.2, -0.15) is 0 Å². The molecule has 0 radical (unpaired) electrons. The molecule has 1 aliphatic rings. The highest BCUT2D eigenvalue weighted by Gasteiger charge is 2.16. The van der Waals surface area contributed by atoms with Gasteiger partial charge in [-0.05, 0) is 91.6 Å². The van der Waals surface area contributed by atoms with Gasteiger partial charge in [0.25, 0.3) is 0 Å². The molecule has 1 unspecified atom stereocenters. The van der Waals surface area contributed by atoms with E-state index in [1.54, 1.807) is 6.07 Å². The highest BCUT2D eigenvalue weighted by Crippen LogP contribution is 2.29. The highest BCUT2D eigenvalue weighted by molar-refractivity contribution is 5.71. The third-order valence-electron chi connectivity index (χ3n) is 5.73. The summed E-state index contributed by atoms with van der Waals surface area (Å²) < 4.78 is 11.0. The van der Waals surface area contributed by atoms with E-state index in [1.165, 1.54) is 11.1 Å². The maximum Gasteiger partial charge on any atom is 0.344 e. The summed E-state index contributed by atoms with van der Waals surface area (Å²) in [6, 6.07) is 10.0. The number of benzene rings is 2. The van der Waals surface area contributed by atoms with Crippen LogP contribution in [0.15, 0.2) is 30.3 Å². The van der Waals surface area contributed by atoms with Crippen LogP contribution in [0.5, 0.6) is 11.5 Å². The number of phenolic OH excluding ortho intramolecular Hbond substituents is 1. The molecule has 0 aromatic heterocycles. The Morgan fingerprint density at radius 2 is 1.93 bits per heavy atom. The van der Waals surface area contributed by atoms with Crippen LogP contribution >= 0.6 is 0 Å². The molecule has 0 spiro atoms. The molecule has 2 aromatic carbocycles. The maximum absolute atomic E-state index is 12.0. The van der Waals surface area contributed by atoms with Gasteiger partial charge in [-0.25, -0.2) is 4.79 Å². The molecule has 1 heterocycles. The largest absolute Gasteiger partial charge is 0.508 e. The van der Waals surface area contributed by atoms with Crippen molar-refractivity contribution in [3.05, 3.63) is 58.1 Å². The van der Waals surface area contributed by atoms with Crippen molar-refractivity contribution in [2.45, 2.75) is 58.9 Å². The first-order valence-electron chi connectivity index (χ1n) is 10.8. The van der Waals surface area contributed by atoms with Crippen LogP contribution in [-0.2, 0) is 16.0 Å². The second-order valence-corrected chi connectivity index (χ2v) is 8.53. The van der Waals surface area contributed by atoms with Crippen molar-refractivity contribution < 1.29 is 19.4 Å². The molecule has 5 nitrogen and oxygen atoms in total. The van der Waals surface area contributed by atoms with Gasteiger partial charge in [-0.15, -0.1) is 0 Å². The summed E-state index contributed by atoms with van der Waals surface area (Å²) in [5, 5.41) is 13.4. The minimum atomic E-state index is -0.339. The lowest BCUT2D eigenvalue weighted by Crippen LogP contribution is -2.29. The molecule has 1 aliphatic heterocycles. The summed E-state index contributed by atoms with van der Waals surface area (Å²) in [5.41, 5.74) is 5.60. The van der Waals surface area contributed by atoms with Crippen molar-refractivity contribution in [1.29, 1.82) is 0 Å². The lowest BCUT2D eigenvalue weighted by molar-refractivity contribution is -0.146. The summed E-state index contributed by atoms with van der Waals surface area (Å²) in [4.78, 5) is 12.0. The van der Waals surface area contributed by atoms with Gasteiger partial charge in [0.15, 0.2) is 6.61 Å². The molecule has 162 valence electrons. The first-order valence-corrected chi connectivity index (χ1v) is 10.8. The van der Waals surface area contributed by atoms with E-state index in [4.69, 9.17) is 9.47 Å². The van der Waals surface area contributed by atoms with Gasteiger partial charge in [-0.1, -0.05) is 26.0 Å². The van der Waals surface area contributed by atoms with Crippen LogP contribution < -0.4 is 10.1 Å². The summed E-state index contributed by atoms with van der Waals surface area (Å²) in [7, 11) is 0. The van der Waals surface area contributed by atoms with Crippen LogP contribution in [-0.4, -0.2) is 36.9 Å². The van der Waals surface area contributed by atoms with E-state index in [0.29, 0.717) is 18.1 Å². The van der Waals surface area contributed by atoms with Crippen molar-refractivity contribution in [1.82, 2.24) is 5.32 Å². The van der Waals surface area contributed by atoms with Crippen LogP contribution in [0, 0.1) is 13.8 Å². The predicted octanol–water partition coefficient (Wildman–Crippen LogP) is 4.40. The molecule has 0 saturated carbocycles. The zero-order valence-electron chi connectivity index (χ0n) is 18.5. The Labute approximate surface area is 179 Å². The van der Waals surface area contributed by atoms with E-state index >= 15 is 0 Å². The van der Waals surface area contributed by atoms with Crippen molar-refractivity contribution in [2.24, 2.45) is 0 Å². The van der Waals surface area contributed by atoms with Gasteiger partial charge < -0.3 is 19.9 Å². The smallest absolute Gasteiger partial charge is 0.344 e. The fourth-order valence-electron chi connectivity index (χ4n) is 3.97. The Morgan fingerprint density at radius 3 is 2.57 bits per heavy atom. The van der Waals surface area contributed by atoms with Crippen molar-refractivity contribution in [3.63, 3.8) is 0 Å². The van der Waals surface area contributed by atoms with Gasteiger partial charge in [0.2, 0.25) is 0 Å². The lowest BCUT2D eigenvalue weighted by atomic mass is 9.93. The number of nitrogens with one attached hydrogen (secondary N) is 1. The number of carbonyl (C=O) groups excluding carboxylic acids is 1. The highest BCUT2D eigenvalue weighted by atomic mass is 16.6. The average Bonchev–Trinajstić information content (AvgIpc) is 3.22. The quantitative estimate of drug-likeness (QED) is 0.631. The van der Waals surface area contributed by atoms with Gasteiger partial charge in [-0.3, -0.25) is 0 Å². The van der Waals surface area contributed by atoms with Gasteiger partial charge in [0.05, 0.1) is 0 Å². The fourth-order valence-corrected chi connectivity index (χ4v) is 3.97. The number of esters is 1. The zero-order valence-corrected chi connectivity index (χ0v) is 18.5. The topological polar surface area (TPSA) is 67.8 Å². The zero-order chi connectivity index (χ0) is 21.7. The minimum Gasteiger partial charge on any atom is -0.508 e. The molecule has 3 rings (SSSR count). The van der Waals surface area contributed by atoms with Gasteiger partial charge >= 0.3 is 5.97 Å². The van der Waals surface area contributed by atoms with Crippen LogP contribution in [0.1, 0.15) is 60.4 Å². The number of rotatable bonds is 8. The molecule has 5 heteroatoms. The number of ether oxygens (including phenoxy) is 2. The Morgan fingerprint density at radius 1 is 1.20 bits per heavy atom. The average molecular weight is 412 g/mol. The number of carbonyl (C=O) groups is 1. The molecule has 1 saturated heterocycles. The number of aryl methyl sites for hydroxylation is 2. The molecule has 0 bridgehead atoms. The van der Waals surface area contributed by atoms with Crippen molar-refractivity contribution in [3.8, 4) is 11.5 Å². The first kappa shape index (κ1) is 22.2. The Bertz CT molecular complexity index is 862. The summed E-state index contributed by atoms with van der Waals surface area (Å²) >= 11 is 0. The maximum atomic E-state index is 12.0. The summed E-state index contributed by atoms with van der Waals surface area (Å²) in [6.07, 6.45) is 2.97. The van der Waals surface area contributed by atoms with Gasteiger partial charge in [0.1, 0.15) is 18.1 Å². The molecule has 0 aliphatic carbocycles. The van der Waals surface area contributed by atoms with E-state index in [1.807, 2.05) is 18.2 Å². The second kappa shape index (κ2) is 9.98. The van der Waals surface area contributed by atoms with Gasteiger partial charge in [0, 0.05) is 6.04 Å². The Balaban J connectivity index is 1.61. The summed E-state index contributed by atoms with van der Waals surface area (Å²) in [6.45, 7) is 9.59. The Hall–Kier alpha value is -2.53. The molecule has 30 heavy (non-hydrogen) atoms. The molecule has 1 atom stereocenters. The molecular formula is C25H33NO4. The van der Waals surface area contributed by atoms with E-state index in [9.17, 15) is 9.90 Å². The van der Waals surface area contributed by atoms with E-state index in [2.05, 4.69) is 39.1 Å². The molecule has 1 fully saturated rings. The SMILES string of the molecule is Cc1cc(OCC(=O)OCC2CCCN2)cc(C)c1Cc1ccc(O)c(C(C)C)c1. The molecular weight excluding hydrogens is 378 g/mol. The first-order chi connectivity index (χ1) is 14.3. The molecule has 2 N–H and O–H groups in total. The normalized spacial score (nSPS) is 16.1. The second-order valence-electron chi connectivity index (χ2n) is 8.53. The third-order valence-corrected chi connectivity index (χ3v) is 5.73. The van der Waals surface area contributed by atoms with Crippen molar-refractivity contribution >= 4 is 5.97 Å². The van der Waals surface area contributed by atoms with Crippen molar-refractivity contribution in [2.75, 3.05) is 19.8 Å². The standard InChI is InChI=1S/C25H33NO4/c1-16(2)22-12-19(7-8-24(22)27)13-23-17(3)10-21(11-18(23)4)29-15-25(28)30-14-20-6-5-9-26-20/h7-8,10-12,16,20,26-27H,5-6,9,13-15H2,1-4H3. The van der Waals surface area contributed by atoms with Crippen LogP contribution in [0.2, 0.25) is 0 Å². The van der Waals surface area contributed by atoms with E-state index < -0.39 is 0 Å². The number of aromatic hydroxyl groups is 1. The fraction of sp³-hybridized carbons (Fsp3) is 0.480. The monoisotopic (exact) mass is 411 g/mol. The predicted molar refractivity (Wildman–Crippen MR) is 118 cm³/mol. The van der Waals surface area contributed by atoms with Crippen LogP contribution in [0.3, 0.4) is 0 Å². The molecule has 0 amide bonds. The van der Waals surface area contributed by atoms with Crippen LogP contribution in [0.25, 0.3) is 0 Å². The van der Waals surface area contributed by atoms with Crippen LogP contribution in [0.4, 0.5) is 0 Å². The molecule has 2 aromatic rings. The lowest BCUT2D eigenvalue weighted by Gasteiger charge is -2.16.